The molecular formula is C18H24ClNO4. The van der Waals surface area contributed by atoms with E-state index in [0.717, 1.165) is 6.42 Å². The number of hydrogen-bond donors (Lipinski definition) is 1. The fourth-order valence-corrected chi connectivity index (χ4v) is 2.73. The molecule has 1 aromatic rings. The van der Waals surface area contributed by atoms with Crippen LogP contribution in [-0.2, 0) is 0 Å². The van der Waals surface area contributed by atoms with E-state index in [1.165, 1.54) is 21.3 Å². The SMILES string of the molecule is COc1cc(C(=O)CC2(CN)C=CC=CC2)cc(OC)c1OC.Cl. The molecule has 1 atom stereocenters. The van der Waals surface area contributed by atoms with Crippen LogP contribution in [0.15, 0.2) is 36.4 Å². The molecular weight excluding hydrogens is 330 g/mol. The lowest BCUT2D eigenvalue weighted by atomic mass is 9.76. The molecule has 0 spiro atoms. The van der Waals surface area contributed by atoms with Gasteiger partial charge in [0.15, 0.2) is 17.3 Å². The van der Waals surface area contributed by atoms with Crippen molar-refractivity contribution in [3.05, 3.63) is 42.0 Å². The second-order valence-corrected chi connectivity index (χ2v) is 5.57. The topological polar surface area (TPSA) is 70.8 Å². The summed E-state index contributed by atoms with van der Waals surface area (Å²) >= 11 is 0. The van der Waals surface area contributed by atoms with E-state index in [-0.39, 0.29) is 23.6 Å². The molecule has 5 nitrogen and oxygen atoms in total. The number of methoxy groups -OCH3 is 3. The van der Waals surface area contributed by atoms with Crippen LogP contribution < -0.4 is 19.9 Å². The Bertz CT molecular complexity index is 617. The standard InChI is InChI=1S/C18H23NO4.ClH/c1-21-15-9-13(10-16(22-2)17(15)23-3)14(20)11-18(12-19)7-5-4-6-8-18;/h4-7,9-10H,8,11-12,19H2,1-3H3;1H. The maximum atomic E-state index is 12.7. The van der Waals surface area contributed by atoms with E-state index >= 15 is 0 Å². The monoisotopic (exact) mass is 353 g/mol. The summed E-state index contributed by atoms with van der Waals surface area (Å²) in [7, 11) is 4.59. The van der Waals surface area contributed by atoms with E-state index in [1.807, 2.05) is 24.3 Å². The third-order valence-electron chi connectivity index (χ3n) is 4.13. The molecule has 0 fully saturated rings. The van der Waals surface area contributed by atoms with Crippen LogP contribution in [0.1, 0.15) is 23.2 Å². The molecule has 0 aliphatic heterocycles. The van der Waals surface area contributed by atoms with Crippen LogP contribution in [0.2, 0.25) is 0 Å². The summed E-state index contributed by atoms with van der Waals surface area (Å²) in [6.07, 6.45) is 9.06. The van der Waals surface area contributed by atoms with E-state index in [4.69, 9.17) is 19.9 Å². The first-order chi connectivity index (χ1) is 11.1. The van der Waals surface area contributed by atoms with Crippen LogP contribution in [-0.4, -0.2) is 33.7 Å². The van der Waals surface area contributed by atoms with Gasteiger partial charge in [-0.25, -0.2) is 0 Å². The third kappa shape index (κ3) is 4.10. The van der Waals surface area contributed by atoms with Crippen molar-refractivity contribution in [1.29, 1.82) is 0 Å². The molecule has 2 N–H and O–H groups in total. The van der Waals surface area contributed by atoms with Crippen LogP contribution in [0.4, 0.5) is 0 Å². The van der Waals surface area contributed by atoms with E-state index in [9.17, 15) is 4.79 Å². The minimum Gasteiger partial charge on any atom is -0.493 e. The van der Waals surface area contributed by atoms with Crippen LogP contribution in [0.25, 0.3) is 0 Å². The van der Waals surface area contributed by atoms with Gasteiger partial charge >= 0.3 is 0 Å². The number of benzene rings is 1. The van der Waals surface area contributed by atoms with Crippen molar-refractivity contribution in [2.75, 3.05) is 27.9 Å². The van der Waals surface area contributed by atoms with Gasteiger partial charge in [0, 0.05) is 23.9 Å². The van der Waals surface area contributed by atoms with Crippen molar-refractivity contribution in [2.24, 2.45) is 11.1 Å². The number of allylic oxidation sites excluding steroid dienone is 3. The molecule has 132 valence electrons. The predicted molar refractivity (Wildman–Crippen MR) is 96.7 cm³/mol. The zero-order valence-corrected chi connectivity index (χ0v) is 15.0. The summed E-state index contributed by atoms with van der Waals surface area (Å²) in [6.45, 7) is 0.421. The summed E-state index contributed by atoms with van der Waals surface area (Å²) < 4.78 is 15.9. The lowest BCUT2D eigenvalue weighted by Crippen LogP contribution is -2.31. The molecule has 0 bridgehead atoms. The Hall–Kier alpha value is -1.98. The van der Waals surface area contributed by atoms with E-state index in [2.05, 4.69) is 0 Å². The molecule has 24 heavy (non-hydrogen) atoms. The number of hydrogen-bond acceptors (Lipinski definition) is 5. The molecule has 0 aromatic heterocycles. The number of ether oxygens (including phenoxy) is 3. The van der Waals surface area contributed by atoms with Gasteiger partial charge in [0.1, 0.15) is 0 Å². The van der Waals surface area contributed by atoms with E-state index in [1.54, 1.807) is 12.1 Å². The molecule has 1 aliphatic rings. The van der Waals surface area contributed by atoms with Crippen LogP contribution in [0.3, 0.4) is 0 Å². The molecule has 0 saturated heterocycles. The Kier molecular flexibility index (Phi) is 7.32. The number of halogens is 1. The first-order valence-corrected chi connectivity index (χ1v) is 7.47. The Morgan fingerprint density at radius 2 is 1.75 bits per heavy atom. The lowest BCUT2D eigenvalue weighted by Gasteiger charge is -2.29. The molecule has 1 aliphatic carbocycles. The van der Waals surface area contributed by atoms with Gasteiger partial charge in [-0.15, -0.1) is 12.4 Å². The number of nitrogens with two attached hydrogens (primary N) is 1. The number of rotatable bonds is 7. The molecule has 1 unspecified atom stereocenters. The van der Waals surface area contributed by atoms with E-state index in [0.29, 0.717) is 35.8 Å². The van der Waals surface area contributed by atoms with Gasteiger partial charge in [0.2, 0.25) is 5.75 Å². The van der Waals surface area contributed by atoms with Crippen molar-refractivity contribution >= 4 is 18.2 Å². The molecule has 2 rings (SSSR count). The Morgan fingerprint density at radius 1 is 1.12 bits per heavy atom. The van der Waals surface area contributed by atoms with Gasteiger partial charge in [-0.2, -0.15) is 0 Å². The predicted octanol–water partition coefficient (Wildman–Crippen LogP) is 3.17. The van der Waals surface area contributed by atoms with Crippen LogP contribution >= 0.6 is 12.4 Å². The summed E-state index contributed by atoms with van der Waals surface area (Å²) in [5.74, 6) is 1.40. The summed E-state index contributed by atoms with van der Waals surface area (Å²) in [6, 6.07) is 3.35. The fourth-order valence-electron chi connectivity index (χ4n) is 2.73. The van der Waals surface area contributed by atoms with Crippen LogP contribution in [0.5, 0.6) is 17.2 Å². The Labute approximate surface area is 148 Å². The molecule has 1 aromatic carbocycles. The second-order valence-electron chi connectivity index (χ2n) is 5.57. The van der Waals surface area contributed by atoms with Gasteiger partial charge in [-0.3, -0.25) is 4.79 Å². The largest absolute Gasteiger partial charge is 0.493 e. The summed E-state index contributed by atoms with van der Waals surface area (Å²) in [4.78, 5) is 12.7. The first-order valence-electron chi connectivity index (χ1n) is 7.47. The lowest BCUT2D eigenvalue weighted by molar-refractivity contribution is 0.0938. The van der Waals surface area contributed by atoms with Crippen LogP contribution in [0, 0.1) is 5.41 Å². The average molecular weight is 354 g/mol. The van der Waals surface area contributed by atoms with Gasteiger partial charge < -0.3 is 19.9 Å². The van der Waals surface area contributed by atoms with Gasteiger partial charge in [-0.1, -0.05) is 24.3 Å². The minimum atomic E-state index is -0.327. The molecule has 6 heteroatoms. The maximum absolute atomic E-state index is 12.7. The van der Waals surface area contributed by atoms with Crippen molar-refractivity contribution in [1.82, 2.24) is 0 Å². The number of carbonyl (C=O) groups is 1. The smallest absolute Gasteiger partial charge is 0.203 e. The third-order valence-corrected chi connectivity index (χ3v) is 4.13. The average Bonchev–Trinajstić information content (AvgIpc) is 2.60. The molecule has 0 saturated carbocycles. The highest BCUT2D eigenvalue weighted by Gasteiger charge is 2.30. The minimum absolute atomic E-state index is 0. The molecule has 0 radical (unpaired) electrons. The number of Topliss-reactive ketones (excluding diaryl/α,β-unsaturated/α-hetero) is 1. The molecule has 0 amide bonds. The first kappa shape index (κ1) is 20.1. The van der Waals surface area contributed by atoms with Gasteiger partial charge in [0.25, 0.3) is 0 Å². The maximum Gasteiger partial charge on any atom is 0.203 e. The number of ketones is 1. The van der Waals surface area contributed by atoms with Gasteiger partial charge in [-0.05, 0) is 18.6 Å². The van der Waals surface area contributed by atoms with Gasteiger partial charge in [0.05, 0.1) is 21.3 Å². The van der Waals surface area contributed by atoms with Crippen molar-refractivity contribution in [2.45, 2.75) is 12.8 Å². The fraction of sp³-hybridized carbons (Fsp3) is 0.389. The van der Waals surface area contributed by atoms with Crippen molar-refractivity contribution in [3.63, 3.8) is 0 Å². The highest BCUT2D eigenvalue weighted by Crippen LogP contribution is 2.39. The summed E-state index contributed by atoms with van der Waals surface area (Å²) in [5.41, 5.74) is 6.11. The highest BCUT2D eigenvalue weighted by atomic mass is 35.5. The zero-order chi connectivity index (χ0) is 16.9. The normalized spacial score (nSPS) is 18.7. The quantitative estimate of drug-likeness (QED) is 0.762. The second kappa shape index (κ2) is 8.76. The Balaban J connectivity index is 0.00000288. The highest BCUT2D eigenvalue weighted by molar-refractivity contribution is 5.98. The Morgan fingerprint density at radius 3 is 2.17 bits per heavy atom. The van der Waals surface area contributed by atoms with E-state index < -0.39 is 0 Å². The van der Waals surface area contributed by atoms with Crippen molar-refractivity contribution in [3.8, 4) is 17.2 Å². The zero-order valence-electron chi connectivity index (χ0n) is 14.2. The number of carbonyl (C=O) groups excluding carboxylic acids is 1. The molecule has 0 heterocycles. The van der Waals surface area contributed by atoms with Crippen molar-refractivity contribution < 1.29 is 19.0 Å². The summed E-state index contributed by atoms with van der Waals surface area (Å²) in [5, 5.41) is 0.